The SMILES string of the molecule is CCc1ccccc1NC(=O)Cc1c(C(=O)[O-])[nH]c2ccc(Cl)cc12. The zero-order valence-corrected chi connectivity index (χ0v) is 14.3. The van der Waals surface area contributed by atoms with E-state index in [9.17, 15) is 14.7 Å². The monoisotopic (exact) mass is 355 g/mol. The molecular formula is C19H16ClN2O3-. The van der Waals surface area contributed by atoms with Crippen molar-refractivity contribution in [1.29, 1.82) is 0 Å². The van der Waals surface area contributed by atoms with Crippen LogP contribution in [0.2, 0.25) is 5.02 Å². The molecule has 0 aliphatic heterocycles. The van der Waals surface area contributed by atoms with Crippen molar-refractivity contribution in [3.8, 4) is 0 Å². The Balaban J connectivity index is 1.94. The molecule has 6 heteroatoms. The number of rotatable bonds is 5. The van der Waals surface area contributed by atoms with Gasteiger partial charge in [0.15, 0.2) is 0 Å². The summed E-state index contributed by atoms with van der Waals surface area (Å²) >= 11 is 6.01. The number of anilines is 1. The maximum atomic E-state index is 12.5. The van der Waals surface area contributed by atoms with Gasteiger partial charge in [0.2, 0.25) is 5.91 Å². The van der Waals surface area contributed by atoms with Crippen molar-refractivity contribution < 1.29 is 14.7 Å². The van der Waals surface area contributed by atoms with Crippen molar-refractivity contribution in [1.82, 2.24) is 4.98 Å². The third-order valence-corrected chi connectivity index (χ3v) is 4.32. The third-order valence-electron chi connectivity index (χ3n) is 4.08. The van der Waals surface area contributed by atoms with Crippen molar-refractivity contribution >= 4 is 40.1 Å². The average Bonchev–Trinajstić information content (AvgIpc) is 2.93. The number of H-pyrrole nitrogens is 1. The van der Waals surface area contributed by atoms with E-state index in [1.807, 2.05) is 31.2 Å². The third kappa shape index (κ3) is 3.51. The minimum absolute atomic E-state index is 0.0955. The minimum atomic E-state index is -1.36. The summed E-state index contributed by atoms with van der Waals surface area (Å²) in [5.74, 6) is -1.66. The van der Waals surface area contributed by atoms with Crippen molar-refractivity contribution in [2.24, 2.45) is 0 Å². The largest absolute Gasteiger partial charge is 0.543 e. The Morgan fingerprint density at radius 1 is 1.20 bits per heavy atom. The number of para-hydroxylation sites is 1. The van der Waals surface area contributed by atoms with E-state index >= 15 is 0 Å². The van der Waals surface area contributed by atoms with Gasteiger partial charge in [0.1, 0.15) is 0 Å². The van der Waals surface area contributed by atoms with Crippen LogP contribution in [0.5, 0.6) is 0 Å². The molecule has 0 aliphatic carbocycles. The number of nitrogens with one attached hydrogen (secondary N) is 2. The molecule has 0 spiro atoms. The van der Waals surface area contributed by atoms with E-state index in [1.54, 1.807) is 18.2 Å². The smallest absolute Gasteiger partial charge is 0.228 e. The van der Waals surface area contributed by atoms with Crippen LogP contribution in [-0.4, -0.2) is 16.9 Å². The molecule has 2 aromatic carbocycles. The quantitative estimate of drug-likeness (QED) is 0.738. The molecule has 0 radical (unpaired) electrons. The molecule has 128 valence electrons. The molecule has 0 fully saturated rings. The molecule has 1 aromatic heterocycles. The van der Waals surface area contributed by atoms with Crippen LogP contribution < -0.4 is 10.4 Å². The fourth-order valence-electron chi connectivity index (χ4n) is 2.88. The molecule has 0 saturated carbocycles. The molecule has 2 N–H and O–H groups in total. The first-order chi connectivity index (χ1) is 12.0. The van der Waals surface area contributed by atoms with E-state index in [-0.39, 0.29) is 18.0 Å². The summed E-state index contributed by atoms with van der Waals surface area (Å²) in [6.07, 6.45) is 0.686. The van der Waals surface area contributed by atoms with Gasteiger partial charge in [-0.1, -0.05) is 36.7 Å². The Bertz CT molecular complexity index is 962. The molecule has 0 atom stereocenters. The van der Waals surface area contributed by atoms with E-state index in [4.69, 9.17) is 11.6 Å². The number of halogens is 1. The number of benzene rings is 2. The minimum Gasteiger partial charge on any atom is -0.543 e. The van der Waals surface area contributed by atoms with Crippen LogP contribution in [0.25, 0.3) is 10.9 Å². The fourth-order valence-corrected chi connectivity index (χ4v) is 3.06. The van der Waals surface area contributed by atoms with Gasteiger partial charge >= 0.3 is 0 Å². The molecule has 0 aliphatic rings. The van der Waals surface area contributed by atoms with Crippen LogP contribution in [0, 0.1) is 0 Å². The Kier molecular flexibility index (Phi) is 4.76. The van der Waals surface area contributed by atoms with Crippen molar-refractivity contribution in [2.75, 3.05) is 5.32 Å². The Hall–Kier alpha value is -2.79. The molecule has 1 heterocycles. The summed E-state index contributed by atoms with van der Waals surface area (Å²) in [7, 11) is 0. The number of carboxylic acid groups (broad SMARTS) is 1. The van der Waals surface area contributed by atoms with E-state index < -0.39 is 5.97 Å². The first kappa shape index (κ1) is 17.0. The first-order valence-corrected chi connectivity index (χ1v) is 8.26. The van der Waals surface area contributed by atoms with E-state index in [0.29, 0.717) is 21.5 Å². The van der Waals surface area contributed by atoms with Crippen molar-refractivity contribution in [3.63, 3.8) is 0 Å². The lowest BCUT2D eigenvalue weighted by atomic mass is 10.1. The molecule has 3 rings (SSSR count). The van der Waals surface area contributed by atoms with Crippen LogP contribution in [0.15, 0.2) is 42.5 Å². The summed E-state index contributed by atoms with van der Waals surface area (Å²) in [5.41, 5.74) is 2.60. The molecule has 3 aromatic rings. The van der Waals surface area contributed by atoms with Crippen molar-refractivity contribution in [2.45, 2.75) is 19.8 Å². The molecule has 0 bridgehead atoms. The van der Waals surface area contributed by atoms with Gasteiger partial charge < -0.3 is 20.2 Å². The van der Waals surface area contributed by atoms with Gasteiger partial charge in [-0.3, -0.25) is 4.79 Å². The standard InChI is InChI=1S/C19H17ClN2O3/c1-2-11-5-3-4-6-15(11)21-17(23)10-14-13-9-12(20)7-8-16(13)22-18(14)19(24)25/h3-9,22H,2,10H2,1H3,(H,21,23)(H,24,25)/p-1. The number of aryl methyl sites for hydroxylation is 1. The zero-order chi connectivity index (χ0) is 18.0. The molecular weight excluding hydrogens is 340 g/mol. The molecule has 5 nitrogen and oxygen atoms in total. The van der Waals surface area contributed by atoms with Gasteiger partial charge in [-0.2, -0.15) is 0 Å². The highest BCUT2D eigenvalue weighted by molar-refractivity contribution is 6.31. The van der Waals surface area contributed by atoms with Crippen molar-refractivity contribution in [3.05, 3.63) is 64.3 Å². The average molecular weight is 356 g/mol. The number of hydrogen-bond acceptors (Lipinski definition) is 3. The van der Waals surface area contributed by atoms with Gasteiger partial charge in [-0.25, -0.2) is 0 Å². The lowest BCUT2D eigenvalue weighted by Crippen LogP contribution is -2.25. The maximum Gasteiger partial charge on any atom is 0.228 e. The maximum absolute atomic E-state index is 12.5. The van der Waals surface area contributed by atoms with Gasteiger partial charge in [0, 0.05) is 21.6 Å². The zero-order valence-electron chi connectivity index (χ0n) is 13.6. The van der Waals surface area contributed by atoms with Gasteiger partial charge in [0.05, 0.1) is 18.1 Å². The lowest BCUT2D eigenvalue weighted by Gasteiger charge is -2.10. The first-order valence-electron chi connectivity index (χ1n) is 7.88. The van der Waals surface area contributed by atoms with E-state index in [0.717, 1.165) is 17.7 Å². The lowest BCUT2D eigenvalue weighted by molar-refractivity contribution is -0.255. The number of aromatic nitrogens is 1. The number of carbonyl (C=O) groups excluding carboxylic acids is 2. The predicted octanol–water partition coefficient (Wildman–Crippen LogP) is 2.93. The number of carboxylic acids is 1. The highest BCUT2D eigenvalue weighted by Gasteiger charge is 2.16. The number of hydrogen-bond donors (Lipinski definition) is 2. The normalized spacial score (nSPS) is 10.8. The summed E-state index contributed by atoms with van der Waals surface area (Å²) < 4.78 is 0. The van der Waals surface area contributed by atoms with E-state index in [2.05, 4.69) is 10.3 Å². The van der Waals surface area contributed by atoms with Gasteiger partial charge in [-0.15, -0.1) is 0 Å². The number of amides is 1. The Morgan fingerprint density at radius 2 is 1.96 bits per heavy atom. The Morgan fingerprint density at radius 3 is 2.68 bits per heavy atom. The second-order valence-corrected chi connectivity index (χ2v) is 6.13. The van der Waals surface area contributed by atoms with Crippen LogP contribution >= 0.6 is 11.6 Å². The second kappa shape index (κ2) is 6.99. The molecule has 0 saturated heterocycles. The van der Waals surface area contributed by atoms with Crippen LogP contribution in [0.3, 0.4) is 0 Å². The van der Waals surface area contributed by atoms with Gasteiger partial charge in [0.25, 0.3) is 0 Å². The summed E-state index contributed by atoms with van der Waals surface area (Å²) in [6.45, 7) is 2.00. The number of aromatic amines is 1. The summed E-state index contributed by atoms with van der Waals surface area (Å²) in [4.78, 5) is 26.7. The van der Waals surface area contributed by atoms with Crippen LogP contribution in [0.1, 0.15) is 28.5 Å². The number of fused-ring (bicyclic) bond motifs is 1. The molecule has 25 heavy (non-hydrogen) atoms. The topological polar surface area (TPSA) is 85.0 Å². The highest BCUT2D eigenvalue weighted by Crippen LogP contribution is 2.26. The van der Waals surface area contributed by atoms with Crippen LogP contribution in [-0.2, 0) is 17.6 Å². The fraction of sp³-hybridized carbons (Fsp3) is 0.158. The second-order valence-electron chi connectivity index (χ2n) is 5.69. The number of carbonyl (C=O) groups is 2. The Labute approximate surface area is 149 Å². The molecule has 0 unspecified atom stereocenters. The van der Waals surface area contributed by atoms with E-state index in [1.165, 1.54) is 0 Å². The number of aromatic carboxylic acids is 1. The predicted molar refractivity (Wildman–Crippen MR) is 95.8 cm³/mol. The summed E-state index contributed by atoms with van der Waals surface area (Å²) in [6, 6.07) is 12.5. The highest BCUT2D eigenvalue weighted by atomic mass is 35.5. The summed E-state index contributed by atoms with van der Waals surface area (Å²) in [5, 5.41) is 15.3. The van der Waals surface area contributed by atoms with Crippen LogP contribution in [0.4, 0.5) is 5.69 Å². The molecule has 1 amide bonds. The van der Waals surface area contributed by atoms with Gasteiger partial charge in [-0.05, 0) is 41.8 Å².